The first-order chi connectivity index (χ1) is 7.76. The third-order valence-electron chi connectivity index (χ3n) is 2.45. The smallest absolute Gasteiger partial charge is 0.220 e. The number of rotatable bonds is 6. The van der Waals surface area contributed by atoms with Crippen molar-refractivity contribution < 1.29 is 4.79 Å². The van der Waals surface area contributed by atoms with Crippen molar-refractivity contribution in [1.82, 2.24) is 5.32 Å². The second kappa shape index (κ2) is 7.01. The highest BCUT2D eigenvalue weighted by molar-refractivity contribution is 5.76. The first kappa shape index (κ1) is 12.7. The summed E-state index contributed by atoms with van der Waals surface area (Å²) in [6.07, 6.45) is 2.24. The summed E-state index contributed by atoms with van der Waals surface area (Å²) in [5, 5.41) is 2.95. The summed E-state index contributed by atoms with van der Waals surface area (Å²) >= 11 is 0. The molecule has 0 saturated carbocycles. The van der Waals surface area contributed by atoms with Gasteiger partial charge < -0.3 is 11.1 Å². The zero-order valence-electron chi connectivity index (χ0n) is 9.78. The van der Waals surface area contributed by atoms with Gasteiger partial charge in [0.15, 0.2) is 0 Å². The molecule has 1 rings (SSSR count). The number of nitrogens with one attached hydrogen (secondary N) is 1. The van der Waals surface area contributed by atoms with Crippen molar-refractivity contribution >= 4 is 5.91 Å². The monoisotopic (exact) mass is 220 g/mol. The maximum Gasteiger partial charge on any atom is 0.220 e. The number of nitrogens with two attached hydrogens (primary N) is 1. The normalized spacial score (nSPS) is 12.1. The van der Waals surface area contributed by atoms with E-state index in [9.17, 15) is 4.79 Å². The second-order valence-corrected chi connectivity index (χ2v) is 3.94. The van der Waals surface area contributed by atoms with Gasteiger partial charge in [0.05, 0.1) is 0 Å². The van der Waals surface area contributed by atoms with Crippen molar-refractivity contribution in [3.8, 4) is 0 Å². The fourth-order valence-electron chi connectivity index (χ4n) is 1.62. The Morgan fingerprint density at radius 2 is 2.06 bits per heavy atom. The fourth-order valence-corrected chi connectivity index (χ4v) is 1.62. The van der Waals surface area contributed by atoms with Crippen LogP contribution < -0.4 is 11.1 Å². The van der Waals surface area contributed by atoms with Gasteiger partial charge in [-0.15, -0.1) is 0 Å². The Morgan fingerprint density at radius 3 is 2.62 bits per heavy atom. The van der Waals surface area contributed by atoms with Crippen LogP contribution in [0.2, 0.25) is 0 Å². The van der Waals surface area contributed by atoms with Crippen LogP contribution in [0, 0.1) is 0 Å². The van der Waals surface area contributed by atoms with E-state index in [4.69, 9.17) is 5.73 Å². The molecule has 88 valence electrons. The summed E-state index contributed by atoms with van der Waals surface area (Å²) in [4.78, 5) is 11.4. The maximum absolute atomic E-state index is 11.4. The quantitative estimate of drug-likeness (QED) is 0.763. The molecule has 0 saturated heterocycles. The van der Waals surface area contributed by atoms with Crippen LogP contribution in [0.15, 0.2) is 30.3 Å². The van der Waals surface area contributed by atoms with Gasteiger partial charge in [0.2, 0.25) is 5.91 Å². The molecule has 1 atom stereocenters. The molecular formula is C13H20N2O. The van der Waals surface area contributed by atoms with Gasteiger partial charge in [-0.2, -0.15) is 0 Å². The average molecular weight is 220 g/mol. The molecule has 0 aromatic heterocycles. The van der Waals surface area contributed by atoms with Crippen molar-refractivity contribution in [2.24, 2.45) is 5.73 Å². The Kier molecular flexibility index (Phi) is 5.57. The van der Waals surface area contributed by atoms with Crippen LogP contribution in [0.1, 0.15) is 25.3 Å². The van der Waals surface area contributed by atoms with Crippen molar-refractivity contribution in [2.75, 3.05) is 6.54 Å². The van der Waals surface area contributed by atoms with E-state index in [2.05, 4.69) is 17.4 Å². The molecule has 1 aromatic carbocycles. The van der Waals surface area contributed by atoms with Crippen molar-refractivity contribution in [2.45, 2.75) is 32.2 Å². The first-order valence-corrected chi connectivity index (χ1v) is 5.79. The van der Waals surface area contributed by atoms with E-state index in [0.29, 0.717) is 13.0 Å². The third-order valence-corrected chi connectivity index (χ3v) is 2.45. The largest absolute Gasteiger partial charge is 0.352 e. The lowest BCUT2D eigenvalue weighted by molar-refractivity contribution is -0.121. The highest BCUT2D eigenvalue weighted by Gasteiger charge is 2.10. The Morgan fingerprint density at radius 1 is 1.38 bits per heavy atom. The second-order valence-electron chi connectivity index (χ2n) is 3.94. The molecule has 0 bridgehead atoms. The molecule has 0 aliphatic heterocycles. The predicted octanol–water partition coefficient (Wildman–Crippen LogP) is 1.47. The van der Waals surface area contributed by atoms with E-state index >= 15 is 0 Å². The number of carbonyl (C=O) groups excluding carboxylic acids is 1. The number of amides is 1. The van der Waals surface area contributed by atoms with Gasteiger partial charge in [-0.05, 0) is 18.4 Å². The van der Waals surface area contributed by atoms with E-state index < -0.39 is 0 Å². The molecule has 16 heavy (non-hydrogen) atoms. The first-order valence-electron chi connectivity index (χ1n) is 5.79. The number of carbonyl (C=O) groups is 1. The minimum Gasteiger partial charge on any atom is -0.352 e. The van der Waals surface area contributed by atoms with Crippen LogP contribution in [0.3, 0.4) is 0 Å². The Labute approximate surface area is 97.0 Å². The standard InChI is InChI=1S/C13H20N2O/c1-2-6-13(16)15-12(10-14)9-11-7-4-3-5-8-11/h3-5,7-8,12H,2,6,9-10,14H2,1H3,(H,15,16). The highest BCUT2D eigenvalue weighted by Crippen LogP contribution is 2.02. The summed E-state index contributed by atoms with van der Waals surface area (Å²) in [5.41, 5.74) is 6.85. The van der Waals surface area contributed by atoms with Gasteiger partial charge in [-0.1, -0.05) is 37.3 Å². The lowest BCUT2D eigenvalue weighted by Crippen LogP contribution is -2.41. The van der Waals surface area contributed by atoms with Crippen LogP contribution in [-0.2, 0) is 11.2 Å². The topological polar surface area (TPSA) is 55.1 Å². The molecule has 0 radical (unpaired) electrons. The molecule has 1 amide bonds. The van der Waals surface area contributed by atoms with Crippen LogP contribution in [0.25, 0.3) is 0 Å². The number of hydrogen-bond acceptors (Lipinski definition) is 2. The summed E-state index contributed by atoms with van der Waals surface area (Å²) in [5.74, 6) is 0.0916. The maximum atomic E-state index is 11.4. The van der Waals surface area contributed by atoms with Gasteiger partial charge in [-0.25, -0.2) is 0 Å². The minimum atomic E-state index is 0.0430. The molecule has 1 aromatic rings. The zero-order valence-corrected chi connectivity index (χ0v) is 9.78. The fraction of sp³-hybridized carbons (Fsp3) is 0.462. The SMILES string of the molecule is CCCC(=O)NC(CN)Cc1ccccc1. The minimum absolute atomic E-state index is 0.0430. The van der Waals surface area contributed by atoms with Crippen molar-refractivity contribution in [1.29, 1.82) is 0 Å². The average Bonchev–Trinajstić information content (AvgIpc) is 2.30. The van der Waals surface area contributed by atoms with Gasteiger partial charge in [-0.3, -0.25) is 4.79 Å². The summed E-state index contributed by atoms with van der Waals surface area (Å²) in [6.45, 7) is 2.47. The molecule has 3 nitrogen and oxygen atoms in total. The lowest BCUT2D eigenvalue weighted by Gasteiger charge is -2.16. The molecule has 0 heterocycles. The highest BCUT2D eigenvalue weighted by atomic mass is 16.1. The Balaban J connectivity index is 2.46. The number of benzene rings is 1. The molecule has 0 fully saturated rings. The molecule has 1 unspecified atom stereocenters. The Bertz CT molecular complexity index is 311. The van der Waals surface area contributed by atoms with E-state index in [0.717, 1.165) is 12.8 Å². The summed E-state index contributed by atoms with van der Waals surface area (Å²) in [7, 11) is 0. The van der Waals surface area contributed by atoms with Crippen LogP contribution in [-0.4, -0.2) is 18.5 Å². The van der Waals surface area contributed by atoms with Crippen LogP contribution >= 0.6 is 0 Å². The molecule has 3 N–H and O–H groups in total. The van der Waals surface area contributed by atoms with Crippen molar-refractivity contribution in [3.05, 3.63) is 35.9 Å². The van der Waals surface area contributed by atoms with E-state index in [1.54, 1.807) is 0 Å². The van der Waals surface area contributed by atoms with Gasteiger partial charge >= 0.3 is 0 Å². The van der Waals surface area contributed by atoms with E-state index in [1.807, 2.05) is 25.1 Å². The lowest BCUT2D eigenvalue weighted by atomic mass is 10.1. The third kappa shape index (κ3) is 4.45. The summed E-state index contributed by atoms with van der Waals surface area (Å²) < 4.78 is 0. The van der Waals surface area contributed by atoms with E-state index in [-0.39, 0.29) is 11.9 Å². The predicted molar refractivity (Wildman–Crippen MR) is 66.0 cm³/mol. The van der Waals surface area contributed by atoms with Crippen LogP contribution in [0.4, 0.5) is 0 Å². The van der Waals surface area contributed by atoms with Gasteiger partial charge in [0.25, 0.3) is 0 Å². The van der Waals surface area contributed by atoms with Gasteiger partial charge in [0, 0.05) is 19.0 Å². The number of hydrogen-bond donors (Lipinski definition) is 2. The molecule has 0 aliphatic rings. The Hall–Kier alpha value is -1.35. The van der Waals surface area contributed by atoms with Crippen LogP contribution in [0.5, 0.6) is 0 Å². The van der Waals surface area contributed by atoms with E-state index in [1.165, 1.54) is 5.56 Å². The molecule has 3 heteroatoms. The summed E-state index contributed by atoms with van der Waals surface area (Å²) in [6, 6.07) is 10.1. The van der Waals surface area contributed by atoms with Gasteiger partial charge in [0.1, 0.15) is 0 Å². The zero-order chi connectivity index (χ0) is 11.8. The molecule has 0 aliphatic carbocycles. The molecular weight excluding hydrogens is 200 g/mol. The molecule has 0 spiro atoms. The van der Waals surface area contributed by atoms with Crippen molar-refractivity contribution in [3.63, 3.8) is 0 Å².